The monoisotopic (exact) mass is 260 g/mol. The summed E-state index contributed by atoms with van der Waals surface area (Å²) in [5.41, 5.74) is 13.2. The van der Waals surface area contributed by atoms with Gasteiger partial charge in [-0.1, -0.05) is 0 Å². The average molecular weight is 260 g/mol. The number of aromatic nitrogens is 1. The molecule has 1 fully saturated rings. The van der Waals surface area contributed by atoms with Crippen LogP contribution in [0, 0.1) is 5.92 Å². The third-order valence-corrected chi connectivity index (χ3v) is 3.57. The normalized spacial score (nSPS) is 16.9. The Morgan fingerprint density at radius 3 is 2.79 bits per heavy atom. The van der Waals surface area contributed by atoms with Crippen molar-refractivity contribution >= 4 is 28.7 Å². The summed E-state index contributed by atoms with van der Waals surface area (Å²) in [5.74, 6) is -0.249. The van der Waals surface area contributed by atoms with Crippen LogP contribution in [0.1, 0.15) is 12.8 Å². The van der Waals surface area contributed by atoms with Gasteiger partial charge in [-0.3, -0.25) is 4.79 Å². The van der Waals surface area contributed by atoms with Gasteiger partial charge in [0, 0.05) is 30.8 Å². The molecule has 3 rings (SSSR count). The molecule has 0 atom stereocenters. The van der Waals surface area contributed by atoms with E-state index in [1.165, 1.54) is 0 Å². The zero-order chi connectivity index (χ0) is 13.4. The lowest BCUT2D eigenvalue weighted by Gasteiger charge is -2.29. The van der Waals surface area contributed by atoms with Crippen molar-refractivity contribution in [2.24, 2.45) is 11.7 Å². The van der Waals surface area contributed by atoms with Gasteiger partial charge in [-0.2, -0.15) is 4.98 Å². The van der Waals surface area contributed by atoms with E-state index in [0.717, 1.165) is 31.4 Å². The number of hydrogen-bond acceptors (Lipinski definition) is 5. The second-order valence-electron chi connectivity index (χ2n) is 4.89. The SMILES string of the molecule is NC(=O)C1CCN(c2nc3ccc(N)cc3o2)CC1. The summed E-state index contributed by atoms with van der Waals surface area (Å²) in [6.07, 6.45) is 1.49. The lowest BCUT2D eigenvalue weighted by atomic mass is 9.97. The van der Waals surface area contributed by atoms with E-state index in [0.29, 0.717) is 17.3 Å². The second-order valence-corrected chi connectivity index (χ2v) is 4.89. The van der Waals surface area contributed by atoms with Gasteiger partial charge in [-0.25, -0.2) is 0 Å². The molecule has 19 heavy (non-hydrogen) atoms. The molecule has 1 aromatic heterocycles. The number of hydrogen-bond donors (Lipinski definition) is 2. The number of oxazole rings is 1. The number of fused-ring (bicyclic) bond motifs is 1. The summed E-state index contributed by atoms with van der Waals surface area (Å²) in [6, 6.07) is 5.99. The zero-order valence-electron chi connectivity index (χ0n) is 10.5. The Kier molecular flexibility index (Phi) is 2.77. The molecule has 1 amide bonds. The van der Waals surface area contributed by atoms with Gasteiger partial charge in [-0.15, -0.1) is 0 Å². The minimum Gasteiger partial charge on any atom is -0.423 e. The third-order valence-electron chi connectivity index (χ3n) is 3.57. The maximum Gasteiger partial charge on any atom is 0.298 e. The standard InChI is InChI=1S/C13H16N4O2/c14-9-1-2-10-11(7-9)19-13(16-10)17-5-3-8(4-6-17)12(15)18/h1-2,7-8H,3-6,14H2,(H2,15,18). The number of nitrogen functional groups attached to an aromatic ring is 1. The third kappa shape index (κ3) is 2.21. The lowest BCUT2D eigenvalue weighted by molar-refractivity contribution is -0.122. The molecule has 0 spiro atoms. The number of carbonyl (C=O) groups is 1. The number of carbonyl (C=O) groups excluding carboxylic acids is 1. The molecule has 1 aliphatic heterocycles. The van der Waals surface area contributed by atoms with Crippen molar-refractivity contribution < 1.29 is 9.21 Å². The van der Waals surface area contributed by atoms with Crippen molar-refractivity contribution in [1.82, 2.24) is 4.98 Å². The summed E-state index contributed by atoms with van der Waals surface area (Å²) >= 11 is 0. The highest BCUT2D eigenvalue weighted by molar-refractivity contribution is 5.78. The minimum absolute atomic E-state index is 0.0312. The summed E-state index contributed by atoms with van der Waals surface area (Å²) in [5, 5.41) is 0. The number of piperidine rings is 1. The number of nitrogens with zero attached hydrogens (tertiary/aromatic N) is 2. The van der Waals surface area contributed by atoms with E-state index in [1.54, 1.807) is 12.1 Å². The van der Waals surface area contributed by atoms with Crippen LogP contribution >= 0.6 is 0 Å². The van der Waals surface area contributed by atoms with E-state index in [2.05, 4.69) is 4.98 Å². The first-order chi connectivity index (χ1) is 9.13. The van der Waals surface area contributed by atoms with Gasteiger partial charge >= 0.3 is 0 Å². The largest absolute Gasteiger partial charge is 0.423 e. The maximum absolute atomic E-state index is 11.1. The molecule has 1 aromatic carbocycles. The summed E-state index contributed by atoms with van der Waals surface area (Å²) < 4.78 is 5.70. The lowest BCUT2D eigenvalue weighted by Crippen LogP contribution is -2.38. The molecule has 1 aliphatic rings. The topological polar surface area (TPSA) is 98.4 Å². The Morgan fingerprint density at radius 2 is 2.11 bits per heavy atom. The van der Waals surface area contributed by atoms with E-state index in [4.69, 9.17) is 15.9 Å². The Balaban J connectivity index is 1.80. The molecule has 6 heteroatoms. The highest BCUT2D eigenvalue weighted by Crippen LogP contribution is 2.27. The van der Waals surface area contributed by atoms with Crippen molar-refractivity contribution in [1.29, 1.82) is 0 Å². The zero-order valence-corrected chi connectivity index (χ0v) is 10.5. The molecule has 0 aliphatic carbocycles. The summed E-state index contributed by atoms with van der Waals surface area (Å²) in [6.45, 7) is 1.46. The molecular formula is C13H16N4O2. The van der Waals surface area contributed by atoms with E-state index >= 15 is 0 Å². The first kappa shape index (κ1) is 11.8. The molecule has 0 saturated carbocycles. The smallest absolute Gasteiger partial charge is 0.298 e. The molecule has 1 saturated heterocycles. The fraction of sp³-hybridized carbons (Fsp3) is 0.385. The molecule has 0 unspecified atom stereocenters. The van der Waals surface area contributed by atoms with E-state index in [1.807, 2.05) is 11.0 Å². The van der Waals surface area contributed by atoms with Crippen molar-refractivity contribution in [2.45, 2.75) is 12.8 Å². The summed E-state index contributed by atoms with van der Waals surface area (Å²) in [4.78, 5) is 17.6. The number of anilines is 2. The molecule has 6 nitrogen and oxygen atoms in total. The van der Waals surface area contributed by atoms with Crippen molar-refractivity contribution in [3.05, 3.63) is 18.2 Å². The van der Waals surface area contributed by atoms with Gasteiger partial charge in [0.15, 0.2) is 5.58 Å². The fourth-order valence-corrected chi connectivity index (χ4v) is 2.42. The predicted molar refractivity (Wildman–Crippen MR) is 72.6 cm³/mol. The second kappa shape index (κ2) is 4.46. The number of benzene rings is 1. The fourth-order valence-electron chi connectivity index (χ4n) is 2.42. The van der Waals surface area contributed by atoms with Crippen LogP contribution < -0.4 is 16.4 Å². The molecule has 4 N–H and O–H groups in total. The molecule has 0 radical (unpaired) electrons. The molecule has 2 heterocycles. The average Bonchev–Trinajstić information content (AvgIpc) is 2.81. The predicted octanol–water partition coefficient (Wildman–Crippen LogP) is 1.11. The Bertz CT molecular complexity index is 614. The molecule has 2 aromatic rings. The minimum atomic E-state index is -0.218. The van der Waals surface area contributed by atoms with Crippen LogP contribution in [0.5, 0.6) is 0 Å². The van der Waals surface area contributed by atoms with Gasteiger partial charge < -0.3 is 20.8 Å². The van der Waals surface area contributed by atoms with Gasteiger partial charge in [0.25, 0.3) is 6.01 Å². The highest BCUT2D eigenvalue weighted by Gasteiger charge is 2.25. The van der Waals surface area contributed by atoms with Gasteiger partial charge in [-0.05, 0) is 25.0 Å². The van der Waals surface area contributed by atoms with Crippen molar-refractivity contribution in [3.8, 4) is 0 Å². The van der Waals surface area contributed by atoms with Crippen LogP contribution in [0.4, 0.5) is 11.7 Å². The number of amides is 1. The van der Waals surface area contributed by atoms with Crippen LogP contribution in [0.25, 0.3) is 11.1 Å². The number of primary amides is 1. The summed E-state index contributed by atoms with van der Waals surface area (Å²) in [7, 11) is 0. The first-order valence-electron chi connectivity index (χ1n) is 6.34. The quantitative estimate of drug-likeness (QED) is 0.788. The van der Waals surface area contributed by atoms with Gasteiger partial charge in [0.05, 0.1) is 0 Å². The van der Waals surface area contributed by atoms with E-state index in [9.17, 15) is 4.79 Å². The Hall–Kier alpha value is -2.24. The van der Waals surface area contributed by atoms with Crippen LogP contribution in [0.15, 0.2) is 22.6 Å². The van der Waals surface area contributed by atoms with Crippen LogP contribution in [-0.2, 0) is 4.79 Å². The Labute approximate surface area is 110 Å². The number of nitrogens with two attached hydrogens (primary N) is 2. The van der Waals surface area contributed by atoms with E-state index in [-0.39, 0.29) is 11.8 Å². The van der Waals surface area contributed by atoms with Crippen molar-refractivity contribution in [3.63, 3.8) is 0 Å². The van der Waals surface area contributed by atoms with Crippen LogP contribution in [-0.4, -0.2) is 24.0 Å². The highest BCUT2D eigenvalue weighted by atomic mass is 16.4. The number of rotatable bonds is 2. The molecular weight excluding hydrogens is 244 g/mol. The van der Waals surface area contributed by atoms with Gasteiger partial charge in [0.2, 0.25) is 5.91 Å². The van der Waals surface area contributed by atoms with Crippen LogP contribution in [0.3, 0.4) is 0 Å². The van der Waals surface area contributed by atoms with Crippen LogP contribution in [0.2, 0.25) is 0 Å². The van der Waals surface area contributed by atoms with E-state index < -0.39 is 0 Å². The molecule has 0 bridgehead atoms. The van der Waals surface area contributed by atoms with Gasteiger partial charge in [0.1, 0.15) is 5.52 Å². The Morgan fingerprint density at radius 1 is 1.37 bits per heavy atom. The maximum atomic E-state index is 11.1. The molecule has 100 valence electrons. The first-order valence-corrected chi connectivity index (χ1v) is 6.34. The van der Waals surface area contributed by atoms with Crippen molar-refractivity contribution in [2.75, 3.05) is 23.7 Å².